The fourth-order valence-electron chi connectivity index (χ4n) is 9.14. The summed E-state index contributed by atoms with van der Waals surface area (Å²) in [5.74, 6) is -0.989. The monoisotopic (exact) mass is 1020 g/mol. The van der Waals surface area contributed by atoms with Gasteiger partial charge < -0.3 is 25.3 Å². The first kappa shape index (κ1) is 51.7. The predicted molar refractivity (Wildman–Crippen MR) is 262 cm³/mol. The molecule has 0 radical (unpaired) electrons. The van der Waals surface area contributed by atoms with Crippen molar-refractivity contribution in [3.63, 3.8) is 0 Å². The minimum atomic E-state index is -6.10. The molecule has 12 nitrogen and oxygen atoms in total. The van der Waals surface area contributed by atoms with E-state index in [2.05, 4.69) is 46.0 Å². The molecule has 2 heterocycles. The van der Waals surface area contributed by atoms with Crippen molar-refractivity contribution >= 4 is 66.1 Å². The molecular formula is C49H59ClF3N5O7S3. The fourth-order valence-corrected chi connectivity index (χ4v) is 12.3. The summed E-state index contributed by atoms with van der Waals surface area (Å²) in [6, 6.07) is 25.5. The average Bonchev–Trinajstić information content (AvgIpc) is 3.30. The number of halogens is 4. The quantitative estimate of drug-likeness (QED) is 0.0591. The maximum Gasteiger partial charge on any atom is 0.501 e. The van der Waals surface area contributed by atoms with E-state index in [-0.39, 0.29) is 16.9 Å². The Kier molecular flexibility index (Phi) is 16.6. The molecule has 4 aromatic carbocycles. The van der Waals surface area contributed by atoms with Crippen molar-refractivity contribution in [2.45, 2.75) is 84.9 Å². The van der Waals surface area contributed by atoms with Crippen molar-refractivity contribution in [1.29, 1.82) is 0 Å². The lowest BCUT2D eigenvalue weighted by molar-refractivity contribution is -0.0981. The number of anilines is 2. The summed E-state index contributed by atoms with van der Waals surface area (Å²) in [5.41, 5.74) is -1.15. The Labute approximate surface area is 406 Å². The largest absolute Gasteiger partial charge is 0.501 e. The van der Waals surface area contributed by atoms with Crippen LogP contribution < -0.4 is 14.9 Å². The number of alkyl halides is 3. The van der Waals surface area contributed by atoms with Crippen LogP contribution in [-0.2, 0) is 19.9 Å². The average molecular weight is 1020 g/mol. The van der Waals surface area contributed by atoms with Crippen molar-refractivity contribution in [2.75, 3.05) is 68.3 Å². The number of rotatable bonds is 17. The van der Waals surface area contributed by atoms with Gasteiger partial charge in [-0.15, -0.1) is 11.8 Å². The highest BCUT2D eigenvalue weighted by Gasteiger charge is 2.48. The fraction of sp³-hybridized carbons (Fsp3) is 0.449. The van der Waals surface area contributed by atoms with Gasteiger partial charge in [-0.25, -0.2) is 21.6 Å². The smallest absolute Gasteiger partial charge is 0.380 e. The molecule has 19 heteroatoms. The molecule has 7 rings (SSSR count). The number of piperazine rings is 1. The molecular weight excluding hydrogens is 959 g/mol. The van der Waals surface area contributed by atoms with Crippen LogP contribution in [0.2, 0.25) is 5.02 Å². The number of allylic oxidation sites excluding steroid dienone is 1. The van der Waals surface area contributed by atoms with Crippen LogP contribution in [0.4, 0.5) is 24.5 Å². The van der Waals surface area contributed by atoms with E-state index in [1.165, 1.54) is 40.6 Å². The van der Waals surface area contributed by atoms with Crippen LogP contribution in [0.3, 0.4) is 0 Å². The second-order valence-corrected chi connectivity index (χ2v) is 23.8. The molecule has 2 saturated heterocycles. The Balaban J connectivity index is 1.02. The van der Waals surface area contributed by atoms with Gasteiger partial charge in [0.15, 0.2) is 6.29 Å². The van der Waals surface area contributed by atoms with Gasteiger partial charge in [0.1, 0.15) is 4.90 Å². The van der Waals surface area contributed by atoms with Gasteiger partial charge in [-0.05, 0) is 135 Å². The van der Waals surface area contributed by atoms with Gasteiger partial charge in [0.2, 0.25) is 0 Å². The summed E-state index contributed by atoms with van der Waals surface area (Å²) in [7, 11) is -11.0. The minimum absolute atomic E-state index is 0.0190. The van der Waals surface area contributed by atoms with E-state index in [1.54, 1.807) is 12.1 Å². The molecule has 0 bridgehead atoms. The van der Waals surface area contributed by atoms with Crippen LogP contribution in [0, 0.1) is 11.3 Å². The van der Waals surface area contributed by atoms with E-state index in [1.807, 2.05) is 47.2 Å². The molecule has 0 saturated carbocycles. The van der Waals surface area contributed by atoms with Crippen molar-refractivity contribution in [1.82, 2.24) is 14.5 Å². The number of hydrogen-bond acceptors (Lipinski definition) is 12. The molecule has 2 aliphatic heterocycles. The molecule has 1 atom stereocenters. The van der Waals surface area contributed by atoms with Crippen LogP contribution in [0.5, 0.6) is 0 Å². The number of sulfonamides is 1. The number of carbonyl (C=O) groups excluding carboxylic acids is 1. The molecule has 1 amide bonds. The van der Waals surface area contributed by atoms with Gasteiger partial charge in [-0.2, -0.15) is 13.2 Å². The third-order valence-electron chi connectivity index (χ3n) is 13.1. The van der Waals surface area contributed by atoms with Crippen LogP contribution in [-0.4, -0.2) is 119 Å². The second-order valence-electron chi connectivity index (χ2n) is 18.6. The Morgan fingerprint density at radius 2 is 1.53 bits per heavy atom. The van der Waals surface area contributed by atoms with Gasteiger partial charge in [-0.1, -0.05) is 61.4 Å². The third-order valence-corrected chi connectivity index (χ3v) is 17.4. The van der Waals surface area contributed by atoms with Crippen LogP contribution in [0.15, 0.2) is 117 Å². The summed E-state index contributed by atoms with van der Waals surface area (Å²) in [4.78, 5) is 18.8. The molecule has 0 aromatic heterocycles. The summed E-state index contributed by atoms with van der Waals surface area (Å²) < 4.78 is 98.1. The zero-order valence-corrected chi connectivity index (χ0v) is 41.3. The van der Waals surface area contributed by atoms with E-state index >= 15 is 0 Å². The second kappa shape index (κ2) is 21.9. The number of carbonyl (C=O) groups is 1. The van der Waals surface area contributed by atoms with Crippen LogP contribution in [0.1, 0.15) is 68.3 Å². The minimum Gasteiger partial charge on any atom is -0.380 e. The Bertz CT molecular complexity index is 2620. The first-order valence-electron chi connectivity index (χ1n) is 22.8. The van der Waals surface area contributed by atoms with Crippen LogP contribution >= 0.6 is 23.4 Å². The molecule has 0 unspecified atom stereocenters. The molecule has 3 aliphatic rings. The normalized spacial score (nSPS) is 18.5. The number of aliphatic hydroxyl groups excluding tert-OH is 1. The number of amides is 1. The lowest BCUT2D eigenvalue weighted by atomic mass is 9.73. The van der Waals surface area contributed by atoms with Gasteiger partial charge in [0.05, 0.1) is 10.6 Å². The number of thioether (sulfide) groups is 1. The maximum absolute atomic E-state index is 14.2. The Morgan fingerprint density at radius 1 is 0.868 bits per heavy atom. The van der Waals surface area contributed by atoms with Crippen molar-refractivity contribution < 1.29 is 45.0 Å². The molecule has 0 spiro atoms. The van der Waals surface area contributed by atoms with E-state index in [9.17, 15) is 45.0 Å². The number of likely N-dealkylation sites (tertiary alicyclic amines) is 1. The van der Waals surface area contributed by atoms with Crippen molar-refractivity contribution in [3.05, 3.63) is 119 Å². The first-order valence-corrected chi connectivity index (χ1v) is 27.1. The Hall–Kier alpha value is -4.14. The number of nitrogens with one attached hydrogen (secondary N) is 2. The SMILES string of the molecule is CC1(C)CCC(c2ccc(Cl)cc2)=C(CN2CCN(c3ccc(C(=O)NS(=O)(=O)c4ccc(N[C@H](CCN5CCC(C(O)O)CC5)CSc5ccccc5)c(S(=O)(=O)C(F)(F)F)c4)cc3)CC2)C1. The lowest BCUT2D eigenvalue weighted by Gasteiger charge is -2.39. The topological polar surface area (TPSA) is 160 Å². The van der Waals surface area contributed by atoms with Gasteiger partial charge in [0, 0.05) is 78.2 Å². The maximum atomic E-state index is 14.2. The molecule has 4 N–H and O–H groups in total. The van der Waals surface area contributed by atoms with E-state index in [0.29, 0.717) is 55.7 Å². The highest BCUT2D eigenvalue weighted by molar-refractivity contribution is 7.99. The number of benzene rings is 4. The molecule has 68 heavy (non-hydrogen) atoms. The molecule has 368 valence electrons. The van der Waals surface area contributed by atoms with E-state index in [0.717, 1.165) is 74.7 Å². The van der Waals surface area contributed by atoms with Crippen LogP contribution in [0.25, 0.3) is 5.57 Å². The molecule has 2 fully saturated rings. The first-order chi connectivity index (χ1) is 32.2. The van der Waals surface area contributed by atoms with Crippen molar-refractivity contribution in [2.24, 2.45) is 11.3 Å². The highest BCUT2D eigenvalue weighted by Crippen LogP contribution is 2.43. The standard InChI is InChI=1S/C49H59ClF3N5O7S3/c1-48(2)22-18-43(34-8-12-38(50)13-9-34)37(31-48)32-57-26-28-58(29-27-57)40-14-10-35(11-15-40)46(59)55-68(64,65)42-16-17-44(45(30-42)67(62,63)49(51,52)53)54-39(33-66-41-6-4-3-5-7-41)21-25-56-23-19-36(20-24-56)47(60)61/h3-17,30,36,39,47,54,60-61H,18-29,31-33H2,1-2H3,(H,55,59)/t39-/m1/s1. The predicted octanol–water partition coefficient (Wildman–Crippen LogP) is 8.52. The Morgan fingerprint density at radius 3 is 2.16 bits per heavy atom. The summed E-state index contributed by atoms with van der Waals surface area (Å²) in [6.07, 6.45) is 3.17. The number of sulfone groups is 1. The van der Waals surface area contributed by atoms with E-state index in [4.69, 9.17) is 11.6 Å². The number of hydrogen-bond donors (Lipinski definition) is 4. The zero-order chi connectivity index (χ0) is 48.9. The van der Waals surface area contributed by atoms with Crippen molar-refractivity contribution in [3.8, 4) is 0 Å². The van der Waals surface area contributed by atoms with Gasteiger partial charge >= 0.3 is 5.51 Å². The lowest BCUT2D eigenvalue weighted by Crippen LogP contribution is -2.47. The highest BCUT2D eigenvalue weighted by atomic mass is 35.5. The molecule has 4 aromatic rings. The summed E-state index contributed by atoms with van der Waals surface area (Å²) >= 11 is 7.60. The van der Waals surface area contributed by atoms with Gasteiger partial charge in [0.25, 0.3) is 25.8 Å². The third kappa shape index (κ3) is 13.2. The zero-order valence-electron chi connectivity index (χ0n) is 38.1. The number of piperidine rings is 1. The summed E-state index contributed by atoms with van der Waals surface area (Å²) in [6.45, 7) is 10.2. The number of nitrogens with zero attached hydrogens (tertiary/aromatic N) is 3. The van der Waals surface area contributed by atoms with Gasteiger partial charge in [-0.3, -0.25) is 9.69 Å². The molecule has 1 aliphatic carbocycles. The summed E-state index contributed by atoms with van der Waals surface area (Å²) in [5, 5.41) is 22.9. The number of aliphatic hydroxyl groups is 2. The van der Waals surface area contributed by atoms with E-state index < -0.39 is 59.1 Å².